The molecule has 1 aliphatic rings. The number of anilines is 1. The summed E-state index contributed by atoms with van der Waals surface area (Å²) in [6.45, 7) is 8.19. The van der Waals surface area contributed by atoms with Gasteiger partial charge in [-0.15, -0.1) is 0 Å². The third-order valence-electron chi connectivity index (χ3n) is 5.08. The van der Waals surface area contributed by atoms with Crippen molar-refractivity contribution in [1.82, 2.24) is 9.88 Å². The van der Waals surface area contributed by atoms with E-state index >= 15 is 0 Å². The maximum atomic E-state index is 12.8. The van der Waals surface area contributed by atoms with Gasteiger partial charge in [0, 0.05) is 32.2 Å². The zero-order valence-corrected chi connectivity index (χ0v) is 16.3. The van der Waals surface area contributed by atoms with E-state index in [1.807, 2.05) is 32.0 Å². The zero-order chi connectivity index (χ0) is 20.3. The van der Waals surface area contributed by atoms with Crippen LogP contribution in [0, 0.1) is 24.0 Å². The van der Waals surface area contributed by atoms with Crippen molar-refractivity contribution in [2.45, 2.75) is 26.9 Å². The van der Waals surface area contributed by atoms with Gasteiger partial charge in [-0.25, -0.2) is 0 Å². The molecule has 8 nitrogen and oxygen atoms in total. The number of benzene rings is 1. The Bertz CT molecular complexity index is 861. The molecule has 1 fully saturated rings. The number of aryl methyl sites for hydroxylation is 1. The standard InChI is InChI=1S/C20H24N4O4/c1-14-5-4-6-18(15(14)2)28-16(3)20(25)23-11-9-22(10-12-23)17-7-8-19(21-13-17)24(26)27/h4-8,13,16H,9-12H2,1-3H3/t16-/m1/s1. The van der Waals surface area contributed by atoms with E-state index in [1.165, 1.54) is 12.3 Å². The van der Waals surface area contributed by atoms with Crippen molar-refractivity contribution in [2.75, 3.05) is 31.1 Å². The quantitative estimate of drug-likeness (QED) is 0.582. The summed E-state index contributed by atoms with van der Waals surface area (Å²) in [5.74, 6) is 0.522. The highest BCUT2D eigenvalue weighted by molar-refractivity contribution is 5.81. The average Bonchev–Trinajstić information content (AvgIpc) is 2.71. The van der Waals surface area contributed by atoms with Crippen LogP contribution in [0.3, 0.4) is 0 Å². The van der Waals surface area contributed by atoms with Crippen LogP contribution in [0.1, 0.15) is 18.1 Å². The van der Waals surface area contributed by atoms with Crippen molar-refractivity contribution in [3.05, 3.63) is 57.8 Å². The van der Waals surface area contributed by atoms with Gasteiger partial charge >= 0.3 is 5.82 Å². The Balaban J connectivity index is 1.57. The number of hydrogen-bond donors (Lipinski definition) is 0. The first-order chi connectivity index (χ1) is 13.4. The topological polar surface area (TPSA) is 88.8 Å². The molecular formula is C20H24N4O4. The molecule has 3 rings (SSSR count). The van der Waals surface area contributed by atoms with E-state index in [2.05, 4.69) is 9.88 Å². The molecule has 2 aromatic rings. The summed E-state index contributed by atoms with van der Waals surface area (Å²) in [7, 11) is 0. The lowest BCUT2D eigenvalue weighted by atomic mass is 10.1. The number of nitrogens with zero attached hydrogens (tertiary/aromatic N) is 4. The van der Waals surface area contributed by atoms with Crippen molar-refractivity contribution >= 4 is 17.4 Å². The highest BCUT2D eigenvalue weighted by atomic mass is 16.6. The first kappa shape index (κ1) is 19.6. The highest BCUT2D eigenvalue weighted by Crippen LogP contribution is 2.23. The van der Waals surface area contributed by atoms with Crippen LogP contribution in [0.4, 0.5) is 11.5 Å². The predicted octanol–water partition coefficient (Wildman–Crippen LogP) is 2.72. The molecule has 8 heteroatoms. The molecule has 1 aromatic carbocycles. The van der Waals surface area contributed by atoms with Gasteiger partial charge in [-0.2, -0.15) is 0 Å². The van der Waals surface area contributed by atoms with Gasteiger partial charge in [0.25, 0.3) is 5.91 Å². The van der Waals surface area contributed by atoms with Gasteiger partial charge in [0.15, 0.2) is 12.3 Å². The van der Waals surface area contributed by atoms with Gasteiger partial charge in [0.05, 0.1) is 5.69 Å². The molecule has 0 aliphatic carbocycles. The van der Waals surface area contributed by atoms with Crippen LogP contribution in [0.25, 0.3) is 0 Å². The van der Waals surface area contributed by atoms with Crippen LogP contribution in [-0.4, -0.2) is 53.0 Å². The second-order valence-electron chi connectivity index (χ2n) is 6.90. The maximum Gasteiger partial charge on any atom is 0.363 e. The van der Waals surface area contributed by atoms with Crippen molar-refractivity contribution < 1.29 is 14.5 Å². The average molecular weight is 384 g/mol. The van der Waals surface area contributed by atoms with Gasteiger partial charge in [-0.3, -0.25) is 4.79 Å². The summed E-state index contributed by atoms with van der Waals surface area (Å²) in [6, 6.07) is 8.90. The van der Waals surface area contributed by atoms with Gasteiger partial charge in [0.2, 0.25) is 0 Å². The Morgan fingerprint density at radius 1 is 1.18 bits per heavy atom. The fourth-order valence-corrected chi connectivity index (χ4v) is 3.21. The molecule has 1 amide bonds. The normalized spacial score (nSPS) is 15.2. The number of aromatic nitrogens is 1. The van der Waals surface area contributed by atoms with E-state index in [9.17, 15) is 14.9 Å². The SMILES string of the molecule is Cc1cccc(O[C@H](C)C(=O)N2CCN(c3ccc([N+](=O)[O-])nc3)CC2)c1C. The number of nitro groups is 1. The number of hydrogen-bond acceptors (Lipinski definition) is 6. The highest BCUT2D eigenvalue weighted by Gasteiger charge is 2.27. The summed E-state index contributed by atoms with van der Waals surface area (Å²) in [5, 5.41) is 10.7. The fraction of sp³-hybridized carbons (Fsp3) is 0.400. The molecular weight excluding hydrogens is 360 g/mol. The number of ether oxygens (including phenoxy) is 1. The molecule has 1 atom stereocenters. The molecule has 148 valence electrons. The Morgan fingerprint density at radius 3 is 2.50 bits per heavy atom. The number of rotatable bonds is 5. The van der Waals surface area contributed by atoms with Crippen LogP contribution in [0.2, 0.25) is 0 Å². The number of carbonyl (C=O) groups excluding carboxylic acids is 1. The number of piperazine rings is 1. The van der Waals surface area contributed by atoms with Gasteiger partial charge in [0.1, 0.15) is 5.75 Å². The first-order valence-corrected chi connectivity index (χ1v) is 9.24. The monoisotopic (exact) mass is 384 g/mol. The Hall–Kier alpha value is -3.16. The first-order valence-electron chi connectivity index (χ1n) is 9.24. The van der Waals surface area contributed by atoms with Crippen LogP contribution in [-0.2, 0) is 4.79 Å². The zero-order valence-electron chi connectivity index (χ0n) is 16.3. The van der Waals surface area contributed by atoms with Crippen LogP contribution >= 0.6 is 0 Å². The lowest BCUT2D eigenvalue weighted by molar-refractivity contribution is -0.389. The Labute approximate surface area is 163 Å². The van der Waals surface area contributed by atoms with Crippen LogP contribution in [0.5, 0.6) is 5.75 Å². The van der Waals surface area contributed by atoms with Crippen molar-refractivity contribution in [1.29, 1.82) is 0 Å². The predicted molar refractivity (Wildman–Crippen MR) is 106 cm³/mol. The molecule has 0 radical (unpaired) electrons. The molecule has 28 heavy (non-hydrogen) atoms. The van der Waals surface area contributed by atoms with Crippen LogP contribution < -0.4 is 9.64 Å². The molecule has 1 aliphatic heterocycles. The largest absolute Gasteiger partial charge is 0.481 e. The van der Waals surface area contributed by atoms with E-state index < -0.39 is 11.0 Å². The number of amides is 1. The van der Waals surface area contributed by atoms with Crippen molar-refractivity contribution in [3.8, 4) is 5.75 Å². The summed E-state index contributed by atoms with van der Waals surface area (Å²) in [4.78, 5) is 30.7. The second-order valence-corrected chi connectivity index (χ2v) is 6.90. The summed E-state index contributed by atoms with van der Waals surface area (Å²) in [6.07, 6.45) is 0.940. The lowest BCUT2D eigenvalue weighted by Gasteiger charge is -2.36. The Kier molecular flexibility index (Phi) is 5.77. The van der Waals surface area contributed by atoms with Crippen LogP contribution in [0.15, 0.2) is 36.5 Å². The molecule has 0 saturated carbocycles. The minimum Gasteiger partial charge on any atom is -0.481 e. The van der Waals surface area contributed by atoms with Gasteiger partial charge < -0.3 is 24.7 Å². The lowest BCUT2D eigenvalue weighted by Crippen LogP contribution is -2.52. The number of carbonyl (C=O) groups is 1. The fourth-order valence-electron chi connectivity index (χ4n) is 3.21. The molecule has 2 heterocycles. The van der Waals surface area contributed by atoms with E-state index in [0.717, 1.165) is 22.6 Å². The Morgan fingerprint density at radius 2 is 1.89 bits per heavy atom. The molecule has 1 aromatic heterocycles. The molecule has 0 N–H and O–H groups in total. The van der Waals surface area contributed by atoms with Crippen molar-refractivity contribution in [2.24, 2.45) is 0 Å². The minimum atomic E-state index is -0.562. The van der Waals surface area contributed by atoms with Gasteiger partial charge in [-0.05, 0) is 53.9 Å². The molecule has 1 saturated heterocycles. The number of pyridine rings is 1. The summed E-state index contributed by atoms with van der Waals surface area (Å²) < 4.78 is 5.91. The van der Waals surface area contributed by atoms with Crippen molar-refractivity contribution in [3.63, 3.8) is 0 Å². The van der Waals surface area contributed by atoms with E-state index in [1.54, 1.807) is 17.9 Å². The van der Waals surface area contributed by atoms with E-state index in [-0.39, 0.29) is 11.7 Å². The van der Waals surface area contributed by atoms with E-state index in [0.29, 0.717) is 26.2 Å². The second kappa shape index (κ2) is 8.24. The smallest absolute Gasteiger partial charge is 0.363 e. The minimum absolute atomic E-state index is 0.0395. The maximum absolute atomic E-state index is 12.8. The molecule has 0 bridgehead atoms. The summed E-state index contributed by atoms with van der Waals surface area (Å²) in [5.41, 5.74) is 2.98. The third kappa shape index (κ3) is 4.21. The van der Waals surface area contributed by atoms with Gasteiger partial charge in [-0.1, -0.05) is 12.1 Å². The van der Waals surface area contributed by atoms with E-state index in [4.69, 9.17) is 4.74 Å². The molecule has 0 unspecified atom stereocenters. The third-order valence-corrected chi connectivity index (χ3v) is 5.08. The molecule has 0 spiro atoms. The summed E-state index contributed by atoms with van der Waals surface area (Å²) >= 11 is 0.